The van der Waals surface area contributed by atoms with Gasteiger partial charge in [0.2, 0.25) is 0 Å². The van der Waals surface area contributed by atoms with E-state index in [-0.39, 0.29) is 5.75 Å². The van der Waals surface area contributed by atoms with Crippen LogP contribution in [0.15, 0.2) is 65.1 Å². The minimum absolute atomic E-state index is 0.236. The summed E-state index contributed by atoms with van der Waals surface area (Å²) in [5.74, 6) is 0.236. The van der Waals surface area contributed by atoms with E-state index >= 15 is 0 Å². The predicted octanol–water partition coefficient (Wildman–Crippen LogP) is 5.94. The molecule has 0 aromatic heterocycles. The molecule has 3 aromatic rings. The van der Waals surface area contributed by atoms with Crippen molar-refractivity contribution < 1.29 is 5.11 Å². The summed E-state index contributed by atoms with van der Waals surface area (Å²) in [5, 5.41) is 10.1. The van der Waals surface area contributed by atoms with Crippen molar-refractivity contribution in [3.63, 3.8) is 0 Å². The fraction of sp³-hybridized carbons (Fsp3) is 0. The molecule has 3 rings (SSSR count). The zero-order chi connectivity index (χ0) is 14.8. The Morgan fingerprint density at radius 1 is 0.857 bits per heavy atom. The van der Waals surface area contributed by atoms with E-state index in [0.717, 1.165) is 26.7 Å². The van der Waals surface area contributed by atoms with Crippen molar-refractivity contribution >= 4 is 27.5 Å². The summed E-state index contributed by atoms with van der Waals surface area (Å²) >= 11 is 9.83. The van der Waals surface area contributed by atoms with Gasteiger partial charge < -0.3 is 5.11 Å². The van der Waals surface area contributed by atoms with Crippen LogP contribution in [0.2, 0.25) is 5.02 Å². The van der Waals surface area contributed by atoms with Crippen LogP contribution in [0.4, 0.5) is 0 Å². The Kier molecular flexibility index (Phi) is 4.00. The Morgan fingerprint density at radius 3 is 2.14 bits per heavy atom. The van der Waals surface area contributed by atoms with E-state index in [1.54, 1.807) is 12.1 Å². The highest BCUT2D eigenvalue weighted by molar-refractivity contribution is 9.10. The van der Waals surface area contributed by atoms with Crippen LogP contribution in [0.25, 0.3) is 22.3 Å². The first-order chi connectivity index (χ1) is 10.1. The van der Waals surface area contributed by atoms with E-state index < -0.39 is 0 Å². The summed E-state index contributed by atoms with van der Waals surface area (Å²) in [6.45, 7) is 0. The zero-order valence-corrected chi connectivity index (χ0v) is 13.3. The Balaban J connectivity index is 2.20. The lowest BCUT2D eigenvalue weighted by Gasteiger charge is -2.12. The van der Waals surface area contributed by atoms with Gasteiger partial charge in [0.15, 0.2) is 0 Å². The molecule has 0 spiro atoms. The van der Waals surface area contributed by atoms with Crippen LogP contribution in [0.5, 0.6) is 5.75 Å². The maximum Gasteiger partial charge on any atom is 0.115 e. The van der Waals surface area contributed by atoms with Crippen molar-refractivity contribution in [1.82, 2.24) is 0 Å². The van der Waals surface area contributed by atoms with Crippen LogP contribution in [0.1, 0.15) is 0 Å². The van der Waals surface area contributed by atoms with Gasteiger partial charge >= 0.3 is 0 Å². The first kappa shape index (κ1) is 14.2. The summed E-state index contributed by atoms with van der Waals surface area (Å²) < 4.78 is 1.03. The number of aromatic hydroxyl groups is 1. The Labute approximate surface area is 137 Å². The molecule has 0 unspecified atom stereocenters. The summed E-state index contributed by atoms with van der Waals surface area (Å²) in [6, 6.07) is 22.0. The van der Waals surface area contributed by atoms with E-state index in [1.807, 2.05) is 48.5 Å². The van der Waals surface area contributed by atoms with Gasteiger partial charge in [0.05, 0.1) is 0 Å². The predicted molar refractivity (Wildman–Crippen MR) is 90.5 cm³/mol. The third kappa shape index (κ3) is 2.97. The molecule has 0 fully saturated rings. The van der Waals surface area contributed by atoms with Crippen molar-refractivity contribution in [1.29, 1.82) is 0 Å². The van der Waals surface area contributed by atoms with Gasteiger partial charge in [-0.15, -0.1) is 0 Å². The average molecular weight is 359 g/mol. The maximum atomic E-state index is 9.44. The summed E-state index contributed by atoms with van der Waals surface area (Å²) in [4.78, 5) is 0. The van der Waals surface area contributed by atoms with E-state index in [2.05, 4.69) is 22.0 Å². The largest absolute Gasteiger partial charge is 0.508 e. The smallest absolute Gasteiger partial charge is 0.115 e. The van der Waals surface area contributed by atoms with Gasteiger partial charge in [0, 0.05) is 15.1 Å². The molecule has 0 aliphatic rings. The van der Waals surface area contributed by atoms with Gasteiger partial charge in [0.25, 0.3) is 0 Å². The fourth-order valence-electron chi connectivity index (χ4n) is 2.23. The van der Waals surface area contributed by atoms with Gasteiger partial charge in [-0.25, -0.2) is 0 Å². The fourth-order valence-corrected chi connectivity index (χ4v) is 2.76. The highest BCUT2D eigenvalue weighted by atomic mass is 79.9. The number of benzene rings is 3. The topological polar surface area (TPSA) is 20.2 Å². The number of rotatable bonds is 2. The molecule has 0 aliphatic carbocycles. The average Bonchev–Trinajstić information content (AvgIpc) is 2.49. The van der Waals surface area contributed by atoms with E-state index in [1.165, 1.54) is 0 Å². The molecule has 0 heterocycles. The Morgan fingerprint density at radius 2 is 1.48 bits per heavy atom. The molecule has 1 N–H and O–H groups in total. The second-order valence-corrected chi connectivity index (χ2v) is 5.95. The number of halogens is 2. The molecular weight excluding hydrogens is 348 g/mol. The summed E-state index contributed by atoms with van der Waals surface area (Å²) in [6.07, 6.45) is 0. The second kappa shape index (κ2) is 5.92. The highest BCUT2D eigenvalue weighted by Crippen LogP contribution is 2.37. The van der Waals surface area contributed by atoms with Gasteiger partial charge in [0.1, 0.15) is 5.75 Å². The molecular formula is C18H11BrClO. The lowest BCUT2D eigenvalue weighted by Crippen LogP contribution is -1.87. The zero-order valence-electron chi connectivity index (χ0n) is 11.0. The van der Waals surface area contributed by atoms with Crippen LogP contribution < -0.4 is 0 Å². The normalized spacial score (nSPS) is 10.6. The molecule has 0 saturated carbocycles. The molecule has 3 aromatic carbocycles. The standard InChI is InChI=1S/C18H11BrClO/c19-14-8-4-12(5-9-14)16-2-1-3-17(20)18(16)13-6-10-15(21)11-7-13/h1,3-11,21H. The summed E-state index contributed by atoms with van der Waals surface area (Å²) in [5.41, 5.74) is 3.86. The molecule has 103 valence electrons. The molecule has 1 nitrogen and oxygen atoms in total. The minimum Gasteiger partial charge on any atom is -0.508 e. The molecule has 0 atom stereocenters. The first-order valence-corrected chi connectivity index (χ1v) is 7.58. The minimum atomic E-state index is 0.236. The quantitative estimate of drug-likeness (QED) is 0.601. The first-order valence-electron chi connectivity index (χ1n) is 6.40. The number of hydrogen-bond donors (Lipinski definition) is 1. The SMILES string of the molecule is Oc1ccc(-c2c(-c3ccc(Br)cc3)[c]ccc2Cl)cc1. The number of phenols is 1. The van der Waals surface area contributed by atoms with Crippen LogP contribution in [0.3, 0.4) is 0 Å². The molecule has 21 heavy (non-hydrogen) atoms. The third-order valence-electron chi connectivity index (χ3n) is 3.24. The third-order valence-corrected chi connectivity index (χ3v) is 4.08. The Hall–Kier alpha value is -1.77. The molecule has 0 amide bonds. The van der Waals surface area contributed by atoms with Gasteiger partial charge in [-0.2, -0.15) is 0 Å². The van der Waals surface area contributed by atoms with Crippen LogP contribution >= 0.6 is 27.5 Å². The molecule has 0 bridgehead atoms. The highest BCUT2D eigenvalue weighted by Gasteiger charge is 2.11. The maximum absolute atomic E-state index is 9.44. The number of phenolic OH excluding ortho intramolecular Hbond substituents is 1. The van der Waals surface area contributed by atoms with Crippen molar-refractivity contribution in [3.8, 4) is 28.0 Å². The van der Waals surface area contributed by atoms with E-state index in [0.29, 0.717) is 5.02 Å². The lowest BCUT2D eigenvalue weighted by molar-refractivity contribution is 0.475. The number of hydrogen-bond acceptors (Lipinski definition) is 1. The Bertz CT molecular complexity index is 764. The second-order valence-electron chi connectivity index (χ2n) is 4.63. The monoisotopic (exact) mass is 357 g/mol. The van der Waals surface area contributed by atoms with E-state index in [9.17, 15) is 5.11 Å². The van der Waals surface area contributed by atoms with Crippen LogP contribution in [-0.2, 0) is 0 Å². The molecule has 0 saturated heterocycles. The molecule has 3 heteroatoms. The van der Waals surface area contributed by atoms with Gasteiger partial charge in [-0.3, -0.25) is 0 Å². The van der Waals surface area contributed by atoms with Gasteiger partial charge in [-0.1, -0.05) is 57.9 Å². The van der Waals surface area contributed by atoms with Crippen LogP contribution in [-0.4, -0.2) is 5.11 Å². The van der Waals surface area contributed by atoms with Crippen molar-refractivity contribution in [3.05, 3.63) is 76.2 Å². The molecule has 0 aliphatic heterocycles. The van der Waals surface area contributed by atoms with Crippen molar-refractivity contribution in [2.75, 3.05) is 0 Å². The van der Waals surface area contributed by atoms with Crippen molar-refractivity contribution in [2.24, 2.45) is 0 Å². The van der Waals surface area contributed by atoms with Crippen LogP contribution in [0, 0.1) is 6.07 Å². The molecule has 1 radical (unpaired) electrons. The van der Waals surface area contributed by atoms with Gasteiger partial charge in [-0.05, 0) is 53.1 Å². The summed E-state index contributed by atoms with van der Waals surface area (Å²) in [7, 11) is 0. The lowest BCUT2D eigenvalue weighted by atomic mass is 9.94. The van der Waals surface area contributed by atoms with Crippen molar-refractivity contribution in [2.45, 2.75) is 0 Å². The van der Waals surface area contributed by atoms with E-state index in [4.69, 9.17) is 11.6 Å².